The van der Waals surface area contributed by atoms with E-state index in [9.17, 15) is 9.59 Å². The van der Waals surface area contributed by atoms with Crippen LogP contribution in [0.1, 0.15) is 57.2 Å². The molecule has 1 saturated heterocycles. The third-order valence-corrected chi connectivity index (χ3v) is 9.31. The Bertz CT molecular complexity index is 971. The highest BCUT2D eigenvalue weighted by molar-refractivity contribution is 5.99. The summed E-state index contributed by atoms with van der Waals surface area (Å²) in [5.74, 6) is 0.502. The zero-order valence-electron chi connectivity index (χ0n) is 19.5. The zero-order chi connectivity index (χ0) is 22.6. The number of ketones is 1. The third-order valence-electron chi connectivity index (χ3n) is 9.31. The number of fused-ring (bicyclic) bond motifs is 2. The summed E-state index contributed by atoms with van der Waals surface area (Å²) in [6.07, 6.45) is 2.11. The number of carbonyl (C=O) groups excluding carboxylic acids is 2. The van der Waals surface area contributed by atoms with Crippen molar-refractivity contribution in [2.45, 2.75) is 46.1 Å². The lowest BCUT2D eigenvalue weighted by molar-refractivity contribution is -0.149. The number of nitrogens with zero attached hydrogens (tertiary/aromatic N) is 2. The van der Waals surface area contributed by atoms with Crippen LogP contribution in [0.2, 0.25) is 0 Å². The van der Waals surface area contributed by atoms with E-state index in [4.69, 9.17) is 0 Å². The van der Waals surface area contributed by atoms with Crippen molar-refractivity contribution < 1.29 is 9.59 Å². The number of rotatable bonds is 4. The Balaban J connectivity index is 1.36. The molecule has 2 aliphatic carbocycles. The minimum absolute atomic E-state index is 0.187. The van der Waals surface area contributed by atoms with Crippen LogP contribution in [0, 0.1) is 16.2 Å². The summed E-state index contributed by atoms with van der Waals surface area (Å²) in [6.45, 7) is 9.50. The number of amides is 1. The second-order valence-corrected chi connectivity index (χ2v) is 10.7. The molecule has 2 bridgehead atoms. The average molecular weight is 431 g/mol. The van der Waals surface area contributed by atoms with Gasteiger partial charge in [0.15, 0.2) is 0 Å². The summed E-state index contributed by atoms with van der Waals surface area (Å²) >= 11 is 0. The van der Waals surface area contributed by atoms with E-state index in [-0.39, 0.29) is 28.6 Å². The van der Waals surface area contributed by atoms with Crippen molar-refractivity contribution in [2.24, 2.45) is 16.2 Å². The van der Waals surface area contributed by atoms with E-state index in [1.54, 1.807) is 0 Å². The molecular weight excluding hydrogens is 396 g/mol. The number of carbonyl (C=O) groups is 2. The maximum Gasteiger partial charge on any atom is 0.229 e. The van der Waals surface area contributed by atoms with E-state index < -0.39 is 5.41 Å². The molecule has 1 aliphatic heterocycles. The molecular formula is C28H34N2O2. The molecule has 168 valence electrons. The molecule has 4 heteroatoms. The van der Waals surface area contributed by atoms with Gasteiger partial charge in [0.1, 0.15) is 5.78 Å². The standard InChI is InChI=1S/C28H34N2O2/c1-26(2)27(3)14-15-28(26,20-23(27)31)25(32)30-18-16-29(17-19-30)24(21-10-6-4-7-11-21)22-12-8-5-9-13-22/h4-13,24H,14-20H2,1-3H3. The fraction of sp³-hybridized carbons (Fsp3) is 0.500. The fourth-order valence-electron chi connectivity index (χ4n) is 6.70. The van der Waals surface area contributed by atoms with Crippen LogP contribution in [0.5, 0.6) is 0 Å². The van der Waals surface area contributed by atoms with Gasteiger partial charge in [0, 0.05) is 38.0 Å². The van der Waals surface area contributed by atoms with Crippen LogP contribution in [0.4, 0.5) is 0 Å². The summed E-state index contributed by atoms with van der Waals surface area (Å²) < 4.78 is 0. The summed E-state index contributed by atoms with van der Waals surface area (Å²) in [5.41, 5.74) is 1.43. The fourth-order valence-corrected chi connectivity index (χ4v) is 6.70. The third kappa shape index (κ3) is 2.92. The number of Topliss-reactive ketones (excluding diaryl/α,β-unsaturated/α-hetero) is 1. The van der Waals surface area contributed by atoms with Crippen molar-refractivity contribution in [3.8, 4) is 0 Å². The molecule has 2 saturated carbocycles. The van der Waals surface area contributed by atoms with Crippen LogP contribution in [0.15, 0.2) is 60.7 Å². The molecule has 1 heterocycles. The van der Waals surface area contributed by atoms with Crippen LogP contribution >= 0.6 is 0 Å². The lowest BCUT2D eigenvalue weighted by atomic mass is 9.64. The monoisotopic (exact) mass is 430 g/mol. The van der Waals surface area contributed by atoms with Crippen LogP contribution in [0.3, 0.4) is 0 Å². The van der Waals surface area contributed by atoms with Crippen molar-refractivity contribution >= 4 is 11.7 Å². The van der Waals surface area contributed by atoms with E-state index in [1.807, 2.05) is 0 Å². The molecule has 0 radical (unpaired) electrons. The van der Waals surface area contributed by atoms with Gasteiger partial charge < -0.3 is 4.90 Å². The first kappa shape index (κ1) is 21.4. The Morgan fingerprint density at radius 1 is 0.812 bits per heavy atom. The van der Waals surface area contributed by atoms with Crippen LogP contribution in [0.25, 0.3) is 0 Å². The van der Waals surface area contributed by atoms with E-state index in [0.717, 1.165) is 39.0 Å². The van der Waals surface area contributed by atoms with Gasteiger partial charge >= 0.3 is 0 Å². The lowest BCUT2D eigenvalue weighted by Gasteiger charge is -2.45. The number of hydrogen-bond donors (Lipinski definition) is 0. The summed E-state index contributed by atoms with van der Waals surface area (Å²) in [6, 6.07) is 21.5. The Kier molecular flexibility index (Phi) is 5.05. The molecule has 4 nitrogen and oxygen atoms in total. The zero-order valence-corrected chi connectivity index (χ0v) is 19.5. The smallest absolute Gasteiger partial charge is 0.229 e. The normalized spacial score (nSPS) is 29.6. The van der Waals surface area contributed by atoms with E-state index in [2.05, 4.69) is 91.2 Å². The maximum atomic E-state index is 13.9. The molecule has 3 fully saturated rings. The van der Waals surface area contributed by atoms with Crippen molar-refractivity contribution in [3.05, 3.63) is 71.8 Å². The second kappa shape index (κ2) is 7.55. The van der Waals surface area contributed by atoms with Crippen molar-refractivity contribution in [2.75, 3.05) is 26.2 Å². The predicted molar refractivity (Wildman–Crippen MR) is 126 cm³/mol. The number of piperazine rings is 1. The Morgan fingerprint density at radius 2 is 1.34 bits per heavy atom. The molecule has 5 rings (SSSR count). The summed E-state index contributed by atoms with van der Waals surface area (Å²) in [5, 5.41) is 0. The van der Waals surface area contributed by atoms with Gasteiger partial charge in [-0.2, -0.15) is 0 Å². The second-order valence-electron chi connectivity index (χ2n) is 10.7. The maximum absolute atomic E-state index is 13.9. The Labute approximate surface area is 191 Å². The Hall–Kier alpha value is -2.46. The molecule has 0 spiro atoms. The van der Waals surface area contributed by atoms with E-state index in [0.29, 0.717) is 6.42 Å². The van der Waals surface area contributed by atoms with Crippen LogP contribution in [-0.4, -0.2) is 47.7 Å². The first-order chi connectivity index (χ1) is 15.3. The van der Waals surface area contributed by atoms with Crippen LogP contribution in [-0.2, 0) is 9.59 Å². The van der Waals surface area contributed by atoms with Gasteiger partial charge in [0.2, 0.25) is 5.91 Å². The average Bonchev–Trinajstić information content (AvgIpc) is 3.11. The molecule has 2 aromatic carbocycles. The van der Waals surface area contributed by atoms with Gasteiger partial charge in [-0.25, -0.2) is 0 Å². The Morgan fingerprint density at radius 3 is 1.78 bits per heavy atom. The van der Waals surface area contributed by atoms with Gasteiger partial charge in [-0.1, -0.05) is 81.4 Å². The molecule has 0 N–H and O–H groups in total. The molecule has 3 aliphatic rings. The summed E-state index contributed by atoms with van der Waals surface area (Å²) in [7, 11) is 0. The highest BCUT2D eigenvalue weighted by Crippen LogP contribution is 2.71. The van der Waals surface area contributed by atoms with Gasteiger partial charge in [-0.15, -0.1) is 0 Å². The SMILES string of the molecule is CC12CCC(C(=O)N3CCN(C(c4ccccc4)c4ccccc4)CC3)(CC1=O)C2(C)C. The number of hydrogen-bond acceptors (Lipinski definition) is 3. The topological polar surface area (TPSA) is 40.6 Å². The highest BCUT2D eigenvalue weighted by Gasteiger charge is 2.73. The van der Waals surface area contributed by atoms with Crippen molar-refractivity contribution in [1.82, 2.24) is 9.80 Å². The molecule has 0 aromatic heterocycles. The highest BCUT2D eigenvalue weighted by atomic mass is 16.2. The molecule has 1 amide bonds. The molecule has 2 aromatic rings. The first-order valence-corrected chi connectivity index (χ1v) is 12.0. The minimum atomic E-state index is -0.515. The van der Waals surface area contributed by atoms with Gasteiger partial charge in [0.25, 0.3) is 0 Å². The van der Waals surface area contributed by atoms with E-state index in [1.165, 1.54) is 11.1 Å². The van der Waals surface area contributed by atoms with Crippen molar-refractivity contribution in [3.63, 3.8) is 0 Å². The van der Waals surface area contributed by atoms with Crippen molar-refractivity contribution in [1.29, 1.82) is 0 Å². The largest absolute Gasteiger partial charge is 0.340 e. The quantitative estimate of drug-likeness (QED) is 0.706. The minimum Gasteiger partial charge on any atom is -0.340 e. The predicted octanol–water partition coefficient (Wildman–Crippen LogP) is 4.71. The first-order valence-electron chi connectivity index (χ1n) is 12.0. The van der Waals surface area contributed by atoms with Gasteiger partial charge in [-0.3, -0.25) is 14.5 Å². The lowest BCUT2D eigenvalue weighted by Crippen LogP contribution is -2.55. The van der Waals surface area contributed by atoms with Gasteiger partial charge in [-0.05, 0) is 29.4 Å². The summed E-state index contributed by atoms with van der Waals surface area (Å²) in [4.78, 5) is 31.2. The molecule has 2 unspecified atom stereocenters. The molecule has 2 atom stereocenters. The molecule has 32 heavy (non-hydrogen) atoms. The van der Waals surface area contributed by atoms with E-state index >= 15 is 0 Å². The number of benzene rings is 2. The van der Waals surface area contributed by atoms with Gasteiger partial charge in [0.05, 0.1) is 11.5 Å². The van der Waals surface area contributed by atoms with Crippen LogP contribution < -0.4 is 0 Å².